The van der Waals surface area contributed by atoms with Gasteiger partial charge in [-0.15, -0.1) is 23.2 Å². The van der Waals surface area contributed by atoms with Gasteiger partial charge in [-0.3, -0.25) is 0 Å². The van der Waals surface area contributed by atoms with Crippen LogP contribution in [0.25, 0.3) is 0 Å². The monoisotopic (exact) mass is 338 g/mol. The lowest BCUT2D eigenvalue weighted by molar-refractivity contribution is 0.471. The molecule has 2 N–H and O–H groups in total. The molecule has 0 spiro atoms. The number of rotatable bonds is 7. The van der Waals surface area contributed by atoms with Gasteiger partial charge in [-0.05, 0) is 55.0 Å². The Bertz CT molecular complexity index is 596. The summed E-state index contributed by atoms with van der Waals surface area (Å²) in [4.78, 5) is 2.16. The number of nitrogens with zero attached hydrogens (tertiary/aromatic N) is 1. The Hall–Kier alpha value is -1.58. The first-order valence-corrected chi connectivity index (χ1v) is 8.24. The number of aryl methyl sites for hydroxylation is 1. The highest BCUT2D eigenvalue weighted by Crippen LogP contribution is 2.25. The molecule has 0 radical (unpaired) electrons. The van der Waals surface area contributed by atoms with E-state index in [1.54, 1.807) is 6.07 Å². The topological polar surface area (TPSA) is 35.5 Å². The fraction of sp³-hybridized carbons (Fsp3) is 0.294. The number of anilines is 3. The van der Waals surface area contributed by atoms with Crippen molar-refractivity contribution in [1.29, 1.82) is 0 Å². The van der Waals surface area contributed by atoms with Gasteiger partial charge in [0.1, 0.15) is 5.75 Å². The molecule has 118 valence electrons. The van der Waals surface area contributed by atoms with Crippen molar-refractivity contribution in [1.82, 2.24) is 0 Å². The third-order valence-corrected chi connectivity index (χ3v) is 3.76. The van der Waals surface area contributed by atoms with Crippen LogP contribution in [0.5, 0.6) is 5.75 Å². The molecule has 2 rings (SSSR count). The van der Waals surface area contributed by atoms with Crippen LogP contribution in [0.1, 0.15) is 5.56 Å². The highest BCUT2D eigenvalue weighted by Gasteiger charge is 2.05. The molecule has 0 fully saturated rings. The first-order valence-electron chi connectivity index (χ1n) is 7.17. The number of hydrogen-bond acceptors (Lipinski definition) is 3. The predicted molar refractivity (Wildman–Crippen MR) is 96.2 cm³/mol. The summed E-state index contributed by atoms with van der Waals surface area (Å²) in [5.74, 6) is 1.45. The Balaban J connectivity index is 2.09. The van der Waals surface area contributed by atoms with E-state index in [0.29, 0.717) is 17.5 Å². The molecule has 0 saturated carbocycles. The molecule has 0 heterocycles. The van der Waals surface area contributed by atoms with E-state index in [0.717, 1.165) is 35.7 Å². The number of halogens is 2. The van der Waals surface area contributed by atoms with Crippen molar-refractivity contribution in [3.63, 3.8) is 0 Å². The van der Waals surface area contributed by atoms with Gasteiger partial charge in [-0.1, -0.05) is 0 Å². The van der Waals surface area contributed by atoms with Crippen molar-refractivity contribution in [3.8, 4) is 5.75 Å². The number of phenols is 1. The lowest BCUT2D eigenvalue weighted by Crippen LogP contribution is -2.27. The summed E-state index contributed by atoms with van der Waals surface area (Å²) in [6, 6.07) is 13.6. The maximum absolute atomic E-state index is 9.55. The molecule has 5 heteroatoms. The molecular weight excluding hydrogens is 319 g/mol. The van der Waals surface area contributed by atoms with E-state index >= 15 is 0 Å². The van der Waals surface area contributed by atoms with E-state index in [1.165, 1.54) is 0 Å². The Morgan fingerprint density at radius 2 is 1.55 bits per heavy atom. The fourth-order valence-electron chi connectivity index (χ4n) is 2.23. The van der Waals surface area contributed by atoms with Crippen LogP contribution in [0.2, 0.25) is 0 Å². The second-order valence-corrected chi connectivity index (χ2v) is 5.79. The highest BCUT2D eigenvalue weighted by molar-refractivity contribution is 6.18. The minimum absolute atomic E-state index is 0.304. The molecule has 0 saturated heterocycles. The average Bonchev–Trinajstić information content (AvgIpc) is 2.52. The SMILES string of the molecule is Cc1cc(Nc2ccc(N(CCCl)CCCl)cc2)ccc1O. The van der Waals surface area contributed by atoms with Crippen LogP contribution in [0.4, 0.5) is 17.1 Å². The van der Waals surface area contributed by atoms with Crippen molar-refractivity contribution >= 4 is 40.3 Å². The molecule has 0 aliphatic heterocycles. The molecule has 0 atom stereocenters. The quantitative estimate of drug-likeness (QED) is 0.566. The van der Waals surface area contributed by atoms with Gasteiger partial charge in [0.25, 0.3) is 0 Å². The summed E-state index contributed by atoms with van der Waals surface area (Å²) >= 11 is 11.7. The van der Waals surface area contributed by atoms with Gasteiger partial charge < -0.3 is 15.3 Å². The Kier molecular flexibility index (Phi) is 6.22. The van der Waals surface area contributed by atoms with Crippen molar-refractivity contribution in [2.75, 3.05) is 35.1 Å². The lowest BCUT2D eigenvalue weighted by Gasteiger charge is -2.23. The van der Waals surface area contributed by atoms with Gasteiger partial charge in [-0.25, -0.2) is 0 Å². The van der Waals surface area contributed by atoms with Crippen LogP contribution in [-0.2, 0) is 0 Å². The molecule has 2 aromatic carbocycles. The lowest BCUT2D eigenvalue weighted by atomic mass is 10.2. The summed E-state index contributed by atoms with van der Waals surface area (Å²) in [5.41, 5.74) is 3.89. The second-order valence-electron chi connectivity index (χ2n) is 5.04. The molecule has 0 aliphatic rings. The molecule has 0 aromatic heterocycles. The van der Waals surface area contributed by atoms with Crippen LogP contribution in [0, 0.1) is 6.92 Å². The number of alkyl halides is 2. The van der Waals surface area contributed by atoms with Crippen molar-refractivity contribution in [3.05, 3.63) is 48.0 Å². The summed E-state index contributed by atoms with van der Waals surface area (Å²) in [6.45, 7) is 3.43. The average molecular weight is 339 g/mol. The maximum atomic E-state index is 9.55. The summed E-state index contributed by atoms with van der Waals surface area (Å²) in [6.07, 6.45) is 0. The van der Waals surface area contributed by atoms with E-state index in [9.17, 15) is 5.11 Å². The molecule has 0 bridgehead atoms. The smallest absolute Gasteiger partial charge is 0.118 e. The van der Waals surface area contributed by atoms with E-state index < -0.39 is 0 Å². The number of nitrogens with one attached hydrogen (secondary N) is 1. The van der Waals surface area contributed by atoms with E-state index in [1.807, 2.05) is 31.2 Å². The minimum atomic E-state index is 0.304. The first kappa shape index (κ1) is 16.8. The standard InChI is InChI=1S/C17H20Cl2N2O/c1-13-12-15(4-7-17(13)22)20-14-2-5-16(6-3-14)21(10-8-18)11-9-19/h2-7,12,20,22H,8-11H2,1H3. The maximum Gasteiger partial charge on any atom is 0.118 e. The van der Waals surface area contributed by atoms with Gasteiger partial charge in [0.2, 0.25) is 0 Å². The molecule has 0 amide bonds. The zero-order chi connectivity index (χ0) is 15.9. The third kappa shape index (κ3) is 4.46. The van der Waals surface area contributed by atoms with E-state index in [2.05, 4.69) is 22.3 Å². The van der Waals surface area contributed by atoms with Crippen LogP contribution >= 0.6 is 23.2 Å². The number of benzene rings is 2. The first-order chi connectivity index (χ1) is 10.6. The number of hydrogen-bond donors (Lipinski definition) is 2. The van der Waals surface area contributed by atoms with Crippen molar-refractivity contribution in [2.45, 2.75) is 6.92 Å². The number of phenolic OH excluding ortho intramolecular Hbond substituents is 1. The third-order valence-electron chi connectivity index (χ3n) is 3.43. The predicted octanol–water partition coefficient (Wildman–Crippen LogP) is 4.73. The molecule has 3 nitrogen and oxygen atoms in total. The zero-order valence-corrected chi connectivity index (χ0v) is 14.0. The van der Waals surface area contributed by atoms with Crippen LogP contribution in [0.3, 0.4) is 0 Å². The van der Waals surface area contributed by atoms with Crippen LogP contribution in [0.15, 0.2) is 42.5 Å². The highest BCUT2D eigenvalue weighted by atomic mass is 35.5. The van der Waals surface area contributed by atoms with E-state index in [-0.39, 0.29) is 0 Å². The summed E-state index contributed by atoms with van der Waals surface area (Å²) in [5, 5.41) is 12.9. The summed E-state index contributed by atoms with van der Waals surface area (Å²) < 4.78 is 0. The van der Waals surface area contributed by atoms with E-state index in [4.69, 9.17) is 23.2 Å². The summed E-state index contributed by atoms with van der Waals surface area (Å²) in [7, 11) is 0. The van der Waals surface area contributed by atoms with Crippen molar-refractivity contribution in [2.24, 2.45) is 0 Å². The molecule has 0 unspecified atom stereocenters. The fourth-order valence-corrected chi connectivity index (χ4v) is 2.64. The van der Waals surface area contributed by atoms with Crippen LogP contribution in [-0.4, -0.2) is 30.0 Å². The van der Waals surface area contributed by atoms with Crippen molar-refractivity contribution < 1.29 is 5.11 Å². The largest absolute Gasteiger partial charge is 0.508 e. The second kappa shape index (κ2) is 8.16. The van der Waals surface area contributed by atoms with Gasteiger partial charge in [0.05, 0.1) is 0 Å². The minimum Gasteiger partial charge on any atom is -0.508 e. The van der Waals surface area contributed by atoms with Gasteiger partial charge >= 0.3 is 0 Å². The van der Waals surface area contributed by atoms with Gasteiger partial charge in [0.15, 0.2) is 0 Å². The normalized spacial score (nSPS) is 10.5. The van der Waals surface area contributed by atoms with Gasteiger partial charge in [0, 0.05) is 41.9 Å². The molecule has 2 aromatic rings. The van der Waals surface area contributed by atoms with Crippen LogP contribution < -0.4 is 10.2 Å². The van der Waals surface area contributed by atoms with Gasteiger partial charge in [-0.2, -0.15) is 0 Å². The Labute approximate surface area is 141 Å². The Morgan fingerprint density at radius 3 is 2.09 bits per heavy atom. The number of aromatic hydroxyl groups is 1. The zero-order valence-electron chi connectivity index (χ0n) is 12.5. The molecule has 0 aliphatic carbocycles. The molecule has 22 heavy (non-hydrogen) atoms. The molecular formula is C17H20Cl2N2O. The Morgan fingerprint density at radius 1 is 0.955 bits per heavy atom.